The Hall–Kier alpha value is -0.910. The summed E-state index contributed by atoms with van der Waals surface area (Å²) in [6.07, 6.45) is 2.14. The average Bonchev–Trinajstić information content (AvgIpc) is 2.35. The van der Waals surface area contributed by atoms with Crippen molar-refractivity contribution in [3.63, 3.8) is 0 Å². The fourth-order valence-corrected chi connectivity index (χ4v) is 1.95. The monoisotopic (exact) mass is 258 g/mol. The van der Waals surface area contributed by atoms with Crippen LogP contribution in [0.5, 0.6) is 0 Å². The summed E-state index contributed by atoms with van der Waals surface area (Å²) >= 11 is 0. The first kappa shape index (κ1) is 14.2. The molecule has 0 heterocycles. The van der Waals surface area contributed by atoms with Gasteiger partial charge in [0.2, 0.25) is 0 Å². The molecule has 0 aliphatic carbocycles. The second kappa shape index (κ2) is 6.74. The van der Waals surface area contributed by atoms with Gasteiger partial charge in [-0.3, -0.25) is 4.18 Å². The zero-order valence-corrected chi connectivity index (χ0v) is 11.0. The molecule has 0 radical (unpaired) electrons. The lowest BCUT2D eigenvalue weighted by molar-refractivity contribution is 0.118. The summed E-state index contributed by atoms with van der Waals surface area (Å²) in [6, 6.07) is 6.52. The lowest BCUT2D eigenvalue weighted by atomic mass is 10.2. The molecule has 0 fully saturated rings. The van der Waals surface area contributed by atoms with Crippen LogP contribution in [0.15, 0.2) is 29.2 Å². The van der Waals surface area contributed by atoms with Crippen molar-refractivity contribution in [2.45, 2.75) is 31.3 Å². The molecule has 0 saturated heterocycles. The molecule has 0 unspecified atom stereocenters. The van der Waals surface area contributed by atoms with E-state index in [1.54, 1.807) is 12.1 Å². The van der Waals surface area contributed by atoms with Gasteiger partial charge in [-0.05, 0) is 24.1 Å². The second-order valence-corrected chi connectivity index (χ2v) is 5.38. The zero-order valence-electron chi connectivity index (χ0n) is 10.2. The molecule has 0 spiro atoms. The molecule has 0 aliphatic rings. The molecular weight excluding hydrogens is 240 g/mol. The van der Waals surface area contributed by atoms with Crippen LogP contribution < -0.4 is 0 Å². The van der Waals surface area contributed by atoms with Gasteiger partial charge in [0.1, 0.15) is 0 Å². The summed E-state index contributed by atoms with van der Waals surface area (Å²) in [5, 5.41) is 0. The van der Waals surface area contributed by atoms with Crippen molar-refractivity contribution >= 4 is 10.1 Å². The van der Waals surface area contributed by atoms with E-state index in [4.69, 9.17) is 4.74 Å². The first-order valence-electron chi connectivity index (χ1n) is 5.57. The highest BCUT2D eigenvalue weighted by molar-refractivity contribution is 7.86. The molecular formula is C12H18O4S. The van der Waals surface area contributed by atoms with E-state index in [0.717, 1.165) is 32.1 Å². The van der Waals surface area contributed by atoms with E-state index in [2.05, 4.69) is 11.1 Å². The van der Waals surface area contributed by atoms with Crippen LogP contribution in [0.25, 0.3) is 0 Å². The number of benzene rings is 1. The largest absolute Gasteiger partial charge is 0.377 e. The van der Waals surface area contributed by atoms with Gasteiger partial charge < -0.3 is 4.74 Å². The van der Waals surface area contributed by atoms with Gasteiger partial charge in [-0.15, -0.1) is 0 Å². The van der Waals surface area contributed by atoms with E-state index in [-0.39, 0.29) is 4.90 Å². The molecule has 96 valence electrons. The average molecular weight is 258 g/mol. The van der Waals surface area contributed by atoms with Gasteiger partial charge >= 0.3 is 0 Å². The minimum Gasteiger partial charge on any atom is -0.377 e. The minimum atomic E-state index is -3.58. The first-order chi connectivity index (χ1) is 8.10. The third-order valence-electron chi connectivity index (χ3n) is 2.34. The molecule has 1 aromatic rings. The van der Waals surface area contributed by atoms with E-state index in [9.17, 15) is 8.42 Å². The van der Waals surface area contributed by atoms with E-state index >= 15 is 0 Å². The minimum absolute atomic E-state index is 0.164. The number of unbranched alkanes of at least 4 members (excludes halogenated alkanes) is 1. The summed E-state index contributed by atoms with van der Waals surface area (Å²) in [5.41, 5.74) is 0.955. The topological polar surface area (TPSA) is 52.6 Å². The summed E-state index contributed by atoms with van der Waals surface area (Å²) in [7, 11) is -2.43. The van der Waals surface area contributed by atoms with Crippen molar-refractivity contribution in [3.8, 4) is 0 Å². The Labute approximate surface area is 103 Å². The lowest BCUT2D eigenvalue weighted by Crippen LogP contribution is -2.03. The molecule has 1 aromatic carbocycles. The molecule has 0 N–H and O–H groups in total. The lowest BCUT2D eigenvalue weighted by Gasteiger charge is -2.05. The Balaban J connectivity index is 2.57. The number of rotatable bonds is 7. The van der Waals surface area contributed by atoms with Crippen molar-refractivity contribution in [2.75, 3.05) is 13.7 Å². The maximum absolute atomic E-state index is 11.4. The smallest absolute Gasteiger partial charge is 0.296 e. The van der Waals surface area contributed by atoms with Crippen molar-refractivity contribution in [2.24, 2.45) is 0 Å². The van der Waals surface area contributed by atoms with Crippen LogP contribution in [0.3, 0.4) is 0 Å². The molecule has 0 aromatic heterocycles. The molecule has 17 heavy (non-hydrogen) atoms. The molecule has 0 atom stereocenters. The Morgan fingerprint density at radius 2 is 1.82 bits per heavy atom. The third kappa shape index (κ3) is 4.46. The van der Waals surface area contributed by atoms with Gasteiger partial charge in [0.15, 0.2) is 0 Å². The van der Waals surface area contributed by atoms with Crippen LogP contribution in [-0.4, -0.2) is 22.1 Å². The predicted octanol–water partition coefficient (Wildman–Crippen LogP) is 2.34. The second-order valence-electron chi connectivity index (χ2n) is 3.67. The molecule has 1 rings (SSSR count). The number of hydrogen-bond donors (Lipinski definition) is 0. The van der Waals surface area contributed by atoms with Crippen molar-refractivity contribution in [1.82, 2.24) is 0 Å². The van der Waals surface area contributed by atoms with Gasteiger partial charge in [-0.25, -0.2) is 0 Å². The summed E-state index contributed by atoms with van der Waals surface area (Å²) < 4.78 is 32.6. The van der Waals surface area contributed by atoms with Crippen LogP contribution in [0.2, 0.25) is 0 Å². The van der Waals surface area contributed by atoms with E-state index in [0.29, 0.717) is 6.61 Å². The molecule has 0 bridgehead atoms. The summed E-state index contributed by atoms with van der Waals surface area (Å²) in [5.74, 6) is 0. The molecule has 0 amide bonds. The van der Waals surface area contributed by atoms with Crippen LogP contribution in [-0.2, 0) is 25.6 Å². The standard InChI is InChI=1S/C12H18O4S/c1-3-4-9-16-10-11-5-7-12(8-6-11)17(13,14)15-2/h5-8H,3-4,9-10H2,1-2H3. The number of hydrogen-bond acceptors (Lipinski definition) is 4. The maximum Gasteiger partial charge on any atom is 0.296 e. The Morgan fingerprint density at radius 3 is 2.35 bits per heavy atom. The first-order valence-corrected chi connectivity index (χ1v) is 6.98. The van der Waals surface area contributed by atoms with Crippen molar-refractivity contribution in [1.29, 1.82) is 0 Å². The Kier molecular flexibility index (Phi) is 5.61. The van der Waals surface area contributed by atoms with E-state index in [1.165, 1.54) is 12.1 Å². The fourth-order valence-electron chi connectivity index (χ4n) is 1.28. The van der Waals surface area contributed by atoms with Crippen molar-refractivity contribution in [3.05, 3.63) is 29.8 Å². The third-order valence-corrected chi connectivity index (χ3v) is 3.63. The van der Waals surface area contributed by atoms with Crippen LogP contribution in [0.1, 0.15) is 25.3 Å². The van der Waals surface area contributed by atoms with Crippen molar-refractivity contribution < 1.29 is 17.3 Å². The summed E-state index contributed by atoms with van der Waals surface area (Å²) in [6.45, 7) is 3.34. The van der Waals surface area contributed by atoms with E-state index < -0.39 is 10.1 Å². The van der Waals surface area contributed by atoms with Crippen LogP contribution in [0.4, 0.5) is 0 Å². The molecule has 0 saturated carbocycles. The molecule has 5 heteroatoms. The van der Waals surface area contributed by atoms with E-state index in [1.807, 2.05) is 0 Å². The van der Waals surface area contributed by atoms with Gasteiger partial charge in [0.25, 0.3) is 10.1 Å². The van der Waals surface area contributed by atoms with Crippen LogP contribution >= 0.6 is 0 Å². The predicted molar refractivity (Wildman–Crippen MR) is 65.2 cm³/mol. The zero-order chi connectivity index (χ0) is 12.7. The van der Waals surface area contributed by atoms with Crippen LogP contribution in [0, 0.1) is 0 Å². The molecule has 0 aliphatic heterocycles. The quantitative estimate of drug-likeness (QED) is 0.556. The molecule has 4 nitrogen and oxygen atoms in total. The highest BCUT2D eigenvalue weighted by atomic mass is 32.2. The number of ether oxygens (including phenoxy) is 1. The summed E-state index contributed by atoms with van der Waals surface area (Å²) in [4.78, 5) is 0.164. The van der Waals surface area contributed by atoms with Gasteiger partial charge in [-0.1, -0.05) is 25.5 Å². The normalized spacial score (nSPS) is 11.6. The highest BCUT2D eigenvalue weighted by Gasteiger charge is 2.11. The van der Waals surface area contributed by atoms with Gasteiger partial charge in [-0.2, -0.15) is 8.42 Å². The highest BCUT2D eigenvalue weighted by Crippen LogP contribution is 2.13. The maximum atomic E-state index is 11.4. The fraction of sp³-hybridized carbons (Fsp3) is 0.500. The SMILES string of the molecule is CCCCOCc1ccc(S(=O)(=O)OC)cc1. The van der Waals surface area contributed by atoms with Gasteiger partial charge in [0.05, 0.1) is 18.6 Å². The Morgan fingerprint density at radius 1 is 1.18 bits per heavy atom. The Bertz CT molecular complexity index is 422. The van der Waals surface area contributed by atoms with Gasteiger partial charge in [0, 0.05) is 6.61 Å².